The molecule has 74 valence electrons. The number of carbonyl (C=O) groups is 1. The van der Waals surface area contributed by atoms with Crippen molar-refractivity contribution < 1.29 is 9.18 Å². The number of nitrogen functional groups attached to an aromatic ring is 2. The molecule has 1 aliphatic carbocycles. The predicted octanol–water partition coefficient (Wildman–Crippen LogP) is 1.32. The van der Waals surface area contributed by atoms with Crippen molar-refractivity contribution in [1.82, 2.24) is 0 Å². The Morgan fingerprint density at radius 1 is 1.29 bits per heavy atom. The molecule has 0 spiro atoms. The van der Waals surface area contributed by atoms with Gasteiger partial charge in [-0.25, -0.2) is 4.39 Å². The molecule has 1 aromatic rings. The van der Waals surface area contributed by atoms with Crippen molar-refractivity contribution in [3.8, 4) is 0 Å². The largest absolute Gasteiger partial charge is 0.398 e. The lowest BCUT2D eigenvalue weighted by molar-refractivity contribution is 0.0857. The van der Waals surface area contributed by atoms with Gasteiger partial charge in [0.1, 0.15) is 0 Å². The van der Waals surface area contributed by atoms with Crippen LogP contribution in [-0.4, -0.2) is 12.0 Å². The molecule has 0 heterocycles. The number of anilines is 2. The Morgan fingerprint density at radius 3 is 2.64 bits per heavy atom. The number of halogens is 1. The number of hydrogen-bond donors (Lipinski definition) is 2. The van der Waals surface area contributed by atoms with Gasteiger partial charge in [-0.05, 0) is 30.5 Å². The molecule has 14 heavy (non-hydrogen) atoms. The lowest BCUT2D eigenvalue weighted by Gasteiger charge is -2.20. The van der Waals surface area contributed by atoms with Gasteiger partial charge in [-0.1, -0.05) is 0 Å². The van der Waals surface area contributed by atoms with Crippen LogP contribution < -0.4 is 11.5 Å². The second-order valence-electron chi connectivity index (χ2n) is 3.47. The van der Waals surface area contributed by atoms with E-state index in [0.29, 0.717) is 23.4 Å². The van der Waals surface area contributed by atoms with Crippen LogP contribution in [0.15, 0.2) is 12.1 Å². The van der Waals surface area contributed by atoms with Gasteiger partial charge < -0.3 is 11.5 Å². The Morgan fingerprint density at radius 2 is 1.93 bits per heavy atom. The number of ketones is 1. The van der Waals surface area contributed by atoms with E-state index in [4.69, 9.17) is 11.5 Å². The highest BCUT2D eigenvalue weighted by Gasteiger charge is 2.29. The number of hydrogen-bond acceptors (Lipinski definition) is 3. The quantitative estimate of drug-likeness (QED) is 0.612. The molecule has 1 unspecified atom stereocenters. The second kappa shape index (κ2) is 2.97. The number of rotatable bonds is 0. The molecule has 0 radical (unpaired) electrons. The molecule has 0 bridgehead atoms. The van der Waals surface area contributed by atoms with E-state index in [1.165, 1.54) is 0 Å². The molecule has 0 aliphatic heterocycles. The maximum atomic E-state index is 13.1. The predicted molar refractivity (Wildman–Crippen MR) is 52.8 cm³/mol. The van der Waals surface area contributed by atoms with Gasteiger partial charge in [0.05, 0.1) is 0 Å². The minimum absolute atomic E-state index is 0.208. The van der Waals surface area contributed by atoms with Crippen molar-refractivity contribution in [2.45, 2.75) is 19.0 Å². The SMILES string of the molecule is Nc1ccc(N)c2c1CCC(F)C2=O. The maximum Gasteiger partial charge on any atom is 0.199 e. The molecule has 0 saturated carbocycles. The molecule has 1 aliphatic rings. The average Bonchev–Trinajstić information content (AvgIpc) is 2.16. The van der Waals surface area contributed by atoms with Crippen molar-refractivity contribution in [2.24, 2.45) is 0 Å². The summed E-state index contributed by atoms with van der Waals surface area (Å²) in [4.78, 5) is 11.5. The third-order valence-corrected chi connectivity index (χ3v) is 2.56. The molecule has 0 fully saturated rings. The highest BCUT2D eigenvalue weighted by atomic mass is 19.1. The van der Waals surface area contributed by atoms with Crippen LogP contribution in [0.2, 0.25) is 0 Å². The Balaban J connectivity index is 2.64. The summed E-state index contributed by atoms with van der Waals surface area (Å²) in [5, 5.41) is 0. The van der Waals surface area contributed by atoms with Crippen LogP contribution >= 0.6 is 0 Å². The molecule has 0 aromatic heterocycles. The van der Waals surface area contributed by atoms with Crippen LogP contribution in [0.1, 0.15) is 22.3 Å². The number of fused-ring (bicyclic) bond motifs is 1. The van der Waals surface area contributed by atoms with Gasteiger partial charge in [-0.15, -0.1) is 0 Å². The minimum atomic E-state index is -1.42. The summed E-state index contributed by atoms with van der Waals surface area (Å²) < 4.78 is 13.1. The van der Waals surface area contributed by atoms with E-state index in [2.05, 4.69) is 0 Å². The normalized spacial score (nSPS) is 20.6. The van der Waals surface area contributed by atoms with Crippen LogP contribution in [0.4, 0.5) is 15.8 Å². The van der Waals surface area contributed by atoms with Crippen molar-refractivity contribution in [1.29, 1.82) is 0 Å². The third kappa shape index (κ3) is 1.14. The summed E-state index contributed by atoms with van der Waals surface area (Å²) in [6, 6.07) is 3.20. The number of nitrogens with two attached hydrogens (primary N) is 2. The first-order valence-corrected chi connectivity index (χ1v) is 4.46. The summed E-state index contributed by atoms with van der Waals surface area (Å²) in [6.07, 6.45) is -0.731. The Kier molecular flexibility index (Phi) is 1.91. The fourth-order valence-corrected chi connectivity index (χ4v) is 1.80. The van der Waals surface area contributed by atoms with Crippen molar-refractivity contribution in [2.75, 3.05) is 11.5 Å². The molecule has 4 heteroatoms. The molecule has 0 amide bonds. The first kappa shape index (κ1) is 8.99. The highest BCUT2D eigenvalue weighted by Crippen LogP contribution is 2.31. The summed E-state index contributed by atoms with van der Waals surface area (Å²) in [6.45, 7) is 0. The molecule has 2 rings (SSSR count). The molecular weight excluding hydrogens is 183 g/mol. The van der Waals surface area contributed by atoms with Crippen molar-refractivity contribution in [3.63, 3.8) is 0 Å². The maximum absolute atomic E-state index is 13.1. The summed E-state index contributed by atoms with van der Waals surface area (Å²) in [7, 11) is 0. The lowest BCUT2D eigenvalue weighted by Crippen LogP contribution is -2.25. The summed E-state index contributed by atoms with van der Waals surface area (Å²) in [5.41, 5.74) is 13.1. The second-order valence-corrected chi connectivity index (χ2v) is 3.47. The standard InChI is InChI=1S/C10H11FN2O/c11-6-2-1-5-7(12)3-4-8(13)9(5)10(6)14/h3-4,6H,1-2,12-13H2. The average molecular weight is 194 g/mol. The van der Waals surface area contributed by atoms with Crippen molar-refractivity contribution in [3.05, 3.63) is 23.3 Å². The summed E-state index contributed by atoms with van der Waals surface area (Å²) >= 11 is 0. The fourth-order valence-electron chi connectivity index (χ4n) is 1.80. The summed E-state index contributed by atoms with van der Waals surface area (Å²) in [5.74, 6) is -0.531. The zero-order chi connectivity index (χ0) is 10.3. The first-order chi connectivity index (χ1) is 6.61. The van der Waals surface area contributed by atoms with Gasteiger partial charge in [0.25, 0.3) is 0 Å². The molecule has 3 nitrogen and oxygen atoms in total. The van der Waals surface area contributed by atoms with Crippen LogP contribution in [0.5, 0.6) is 0 Å². The van der Waals surface area contributed by atoms with E-state index in [0.717, 1.165) is 0 Å². The van der Waals surface area contributed by atoms with E-state index < -0.39 is 12.0 Å². The fraction of sp³-hybridized carbons (Fsp3) is 0.300. The Bertz CT molecular complexity index is 403. The Labute approximate surface area is 80.9 Å². The first-order valence-electron chi connectivity index (χ1n) is 4.46. The van der Waals surface area contributed by atoms with E-state index in [9.17, 15) is 9.18 Å². The zero-order valence-electron chi connectivity index (χ0n) is 7.59. The van der Waals surface area contributed by atoms with Gasteiger partial charge in [0, 0.05) is 16.9 Å². The molecule has 4 N–H and O–H groups in total. The third-order valence-electron chi connectivity index (χ3n) is 2.56. The van der Waals surface area contributed by atoms with Crippen LogP contribution in [0, 0.1) is 0 Å². The van der Waals surface area contributed by atoms with E-state index >= 15 is 0 Å². The molecular formula is C10H11FN2O. The minimum Gasteiger partial charge on any atom is -0.398 e. The van der Waals surface area contributed by atoms with Gasteiger partial charge >= 0.3 is 0 Å². The smallest absolute Gasteiger partial charge is 0.199 e. The zero-order valence-corrected chi connectivity index (χ0v) is 7.59. The van der Waals surface area contributed by atoms with E-state index in [1.807, 2.05) is 0 Å². The van der Waals surface area contributed by atoms with E-state index in [-0.39, 0.29) is 12.0 Å². The highest BCUT2D eigenvalue weighted by molar-refractivity contribution is 6.07. The van der Waals surface area contributed by atoms with Crippen LogP contribution in [0.25, 0.3) is 0 Å². The molecule has 1 atom stereocenters. The van der Waals surface area contributed by atoms with Crippen molar-refractivity contribution >= 4 is 17.2 Å². The van der Waals surface area contributed by atoms with Gasteiger partial charge in [-0.2, -0.15) is 0 Å². The molecule has 0 saturated heterocycles. The lowest BCUT2D eigenvalue weighted by atomic mass is 9.87. The van der Waals surface area contributed by atoms with E-state index in [1.54, 1.807) is 12.1 Å². The topological polar surface area (TPSA) is 69.1 Å². The molecule has 1 aromatic carbocycles. The van der Waals surface area contributed by atoms with Crippen LogP contribution in [-0.2, 0) is 6.42 Å². The van der Waals surface area contributed by atoms with Gasteiger partial charge in [-0.3, -0.25) is 4.79 Å². The number of benzene rings is 1. The van der Waals surface area contributed by atoms with Gasteiger partial charge in [0.2, 0.25) is 0 Å². The monoisotopic (exact) mass is 194 g/mol. The number of alkyl halides is 1. The Hall–Kier alpha value is -1.58. The van der Waals surface area contributed by atoms with Crippen LogP contribution in [0.3, 0.4) is 0 Å². The number of carbonyl (C=O) groups excluding carboxylic acids is 1. The van der Waals surface area contributed by atoms with Gasteiger partial charge in [0.15, 0.2) is 12.0 Å². The number of Topliss-reactive ketones (excluding diaryl/α,β-unsaturated/α-hetero) is 1.